The van der Waals surface area contributed by atoms with Gasteiger partial charge in [-0.25, -0.2) is 0 Å². The minimum absolute atomic E-state index is 0.540. The molecule has 0 aromatic heterocycles. The predicted molar refractivity (Wildman–Crippen MR) is 97.2 cm³/mol. The van der Waals surface area contributed by atoms with Gasteiger partial charge in [0.2, 0.25) is 0 Å². The van der Waals surface area contributed by atoms with E-state index in [0.29, 0.717) is 5.88 Å². The third-order valence-electron chi connectivity index (χ3n) is 4.72. The van der Waals surface area contributed by atoms with E-state index in [9.17, 15) is 0 Å². The van der Waals surface area contributed by atoms with Crippen LogP contribution in [0.25, 0.3) is 43.1 Å². The summed E-state index contributed by atoms with van der Waals surface area (Å²) in [6.45, 7) is 0. The van der Waals surface area contributed by atoms with Gasteiger partial charge >= 0.3 is 0 Å². The Labute approximate surface area is 133 Å². The molecule has 1 heteroatoms. The number of rotatable bonds is 1. The molecule has 5 aromatic rings. The van der Waals surface area contributed by atoms with Gasteiger partial charge in [-0.05, 0) is 60.8 Å². The molecule has 0 amide bonds. The average Bonchev–Trinajstić information content (AvgIpc) is 2.58. The summed E-state index contributed by atoms with van der Waals surface area (Å²) in [5.41, 5.74) is 1.21. The number of fused-ring (bicyclic) bond motifs is 2. The Morgan fingerprint density at radius 3 is 2.32 bits per heavy atom. The Hall–Kier alpha value is -2.31. The topological polar surface area (TPSA) is 0 Å². The summed E-state index contributed by atoms with van der Waals surface area (Å²) >= 11 is 6.25. The van der Waals surface area contributed by atoms with Gasteiger partial charge in [-0.2, -0.15) is 0 Å². The molecule has 0 atom stereocenters. The van der Waals surface area contributed by atoms with E-state index in [-0.39, 0.29) is 0 Å². The van der Waals surface area contributed by atoms with Gasteiger partial charge in [0.05, 0.1) is 0 Å². The van der Waals surface area contributed by atoms with E-state index in [1.54, 1.807) is 0 Å². The molecule has 22 heavy (non-hydrogen) atoms. The van der Waals surface area contributed by atoms with E-state index in [1.165, 1.54) is 48.7 Å². The standard InChI is InChI=1S/C21H13Cl/c22-12-16-10-15-6-3-5-13-8-9-18-17-7-2-1-4-14(17)11-19(16)21(18)20(13)15/h1-11H,12H2. The van der Waals surface area contributed by atoms with Crippen LogP contribution in [-0.4, -0.2) is 0 Å². The van der Waals surface area contributed by atoms with Crippen molar-refractivity contribution in [2.45, 2.75) is 5.88 Å². The number of hydrogen-bond donors (Lipinski definition) is 0. The molecular formula is C21H13Cl. The SMILES string of the molecule is ClCc1cc2cccc3ccc4c5ccccc5cc1c4c32. The number of benzene rings is 5. The molecule has 0 bridgehead atoms. The van der Waals surface area contributed by atoms with E-state index >= 15 is 0 Å². The van der Waals surface area contributed by atoms with Gasteiger partial charge in [0.25, 0.3) is 0 Å². The van der Waals surface area contributed by atoms with Crippen LogP contribution in [0.3, 0.4) is 0 Å². The van der Waals surface area contributed by atoms with E-state index < -0.39 is 0 Å². The van der Waals surface area contributed by atoms with E-state index in [4.69, 9.17) is 11.6 Å². The maximum atomic E-state index is 6.25. The molecule has 0 aliphatic heterocycles. The molecule has 0 spiro atoms. The first-order valence-corrected chi connectivity index (χ1v) is 8.04. The Balaban J connectivity index is 2.21. The fraction of sp³-hybridized carbons (Fsp3) is 0.0476. The maximum absolute atomic E-state index is 6.25. The van der Waals surface area contributed by atoms with E-state index in [2.05, 4.69) is 66.7 Å². The summed E-state index contributed by atoms with van der Waals surface area (Å²) < 4.78 is 0. The van der Waals surface area contributed by atoms with Gasteiger partial charge in [0, 0.05) is 5.88 Å². The van der Waals surface area contributed by atoms with Gasteiger partial charge < -0.3 is 0 Å². The molecule has 5 rings (SSSR count). The highest BCUT2D eigenvalue weighted by Gasteiger charge is 2.13. The monoisotopic (exact) mass is 300 g/mol. The Kier molecular flexibility index (Phi) is 2.42. The van der Waals surface area contributed by atoms with Crippen molar-refractivity contribution in [3.8, 4) is 0 Å². The fourth-order valence-corrected chi connectivity index (χ4v) is 3.98. The highest BCUT2D eigenvalue weighted by Crippen LogP contribution is 2.40. The fourth-order valence-electron chi connectivity index (χ4n) is 3.76. The maximum Gasteiger partial charge on any atom is 0.0480 e. The quantitative estimate of drug-likeness (QED) is 0.189. The second kappa shape index (κ2) is 4.34. The first kappa shape index (κ1) is 12.3. The highest BCUT2D eigenvalue weighted by molar-refractivity contribution is 6.30. The molecule has 0 aliphatic rings. The second-order valence-electron chi connectivity index (χ2n) is 5.88. The van der Waals surface area contributed by atoms with Crippen LogP contribution in [0.2, 0.25) is 0 Å². The molecule has 0 fully saturated rings. The lowest BCUT2D eigenvalue weighted by Gasteiger charge is -2.15. The first-order valence-electron chi connectivity index (χ1n) is 7.51. The van der Waals surface area contributed by atoms with E-state index in [1.807, 2.05) is 0 Å². The second-order valence-corrected chi connectivity index (χ2v) is 6.15. The van der Waals surface area contributed by atoms with Crippen LogP contribution in [0.5, 0.6) is 0 Å². The lowest BCUT2D eigenvalue weighted by atomic mass is 9.89. The molecule has 0 aliphatic carbocycles. The zero-order chi connectivity index (χ0) is 14.7. The van der Waals surface area contributed by atoms with Crippen molar-refractivity contribution in [1.82, 2.24) is 0 Å². The summed E-state index contributed by atoms with van der Waals surface area (Å²) in [4.78, 5) is 0. The molecule has 104 valence electrons. The smallest absolute Gasteiger partial charge is 0.0480 e. The molecule has 0 nitrogen and oxygen atoms in total. The lowest BCUT2D eigenvalue weighted by Crippen LogP contribution is -1.90. The summed E-state index contributed by atoms with van der Waals surface area (Å²) in [5.74, 6) is 0.540. The van der Waals surface area contributed by atoms with Crippen molar-refractivity contribution < 1.29 is 0 Å². The van der Waals surface area contributed by atoms with Crippen molar-refractivity contribution in [1.29, 1.82) is 0 Å². The van der Waals surface area contributed by atoms with Crippen LogP contribution < -0.4 is 0 Å². The van der Waals surface area contributed by atoms with Gasteiger partial charge in [0.15, 0.2) is 0 Å². The number of halogens is 1. The number of alkyl halides is 1. The molecule has 0 heterocycles. The average molecular weight is 301 g/mol. The Morgan fingerprint density at radius 1 is 0.591 bits per heavy atom. The van der Waals surface area contributed by atoms with Crippen LogP contribution in [0.1, 0.15) is 5.56 Å². The minimum atomic E-state index is 0.540. The Morgan fingerprint density at radius 2 is 1.41 bits per heavy atom. The van der Waals surface area contributed by atoms with Gasteiger partial charge in [0.1, 0.15) is 0 Å². The van der Waals surface area contributed by atoms with Gasteiger partial charge in [-0.3, -0.25) is 0 Å². The van der Waals surface area contributed by atoms with Crippen LogP contribution >= 0.6 is 11.6 Å². The Bertz CT molecular complexity index is 1150. The summed E-state index contributed by atoms with van der Waals surface area (Å²) in [6.07, 6.45) is 0. The summed E-state index contributed by atoms with van der Waals surface area (Å²) in [7, 11) is 0. The first-order chi connectivity index (χ1) is 10.9. The third kappa shape index (κ3) is 1.48. The molecule has 0 unspecified atom stereocenters. The van der Waals surface area contributed by atoms with Gasteiger partial charge in [-0.1, -0.05) is 54.6 Å². The van der Waals surface area contributed by atoms with Crippen molar-refractivity contribution in [2.75, 3.05) is 0 Å². The molecule has 0 saturated heterocycles. The molecule has 0 saturated carbocycles. The minimum Gasteiger partial charge on any atom is -0.122 e. The zero-order valence-corrected chi connectivity index (χ0v) is 12.7. The normalized spacial score (nSPS) is 12.0. The van der Waals surface area contributed by atoms with Crippen molar-refractivity contribution in [3.05, 3.63) is 72.3 Å². The predicted octanol–water partition coefficient (Wildman–Crippen LogP) is 6.48. The lowest BCUT2D eigenvalue weighted by molar-refractivity contribution is 1.48. The summed E-state index contributed by atoms with van der Waals surface area (Å²) in [6, 6.07) is 24.1. The van der Waals surface area contributed by atoms with Crippen LogP contribution in [-0.2, 0) is 5.88 Å². The van der Waals surface area contributed by atoms with Crippen molar-refractivity contribution in [2.24, 2.45) is 0 Å². The number of hydrogen-bond acceptors (Lipinski definition) is 0. The van der Waals surface area contributed by atoms with Crippen molar-refractivity contribution in [3.63, 3.8) is 0 Å². The van der Waals surface area contributed by atoms with Crippen molar-refractivity contribution >= 4 is 54.7 Å². The molecule has 0 radical (unpaired) electrons. The van der Waals surface area contributed by atoms with Gasteiger partial charge in [-0.15, -0.1) is 11.6 Å². The zero-order valence-electron chi connectivity index (χ0n) is 11.9. The highest BCUT2D eigenvalue weighted by atomic mass is 35.5. The molecule has 5 aromatic carbocycles. The molecule has 0 N–H and O–H groups in total. The summed E-state index contributed by atoms with van der Waals surface area (Å²) in [5, 5.41) is 10.5. The largest absolute Gasteiger partial charge is 0.122 e. The van der Waals surface area contributed by atoms with Crippen LogP contribution in [0.4, 0.5) is 0 Å². The van der Waals surface area contributed by atoms with Crippen LogP contribution in [0.15, 0.2) is 66.7 Å². The third-order valence-corrected chi connectivity index (χ3v) is 5.01. The molecular weight excluding hydrogens is 288 g/mol. The van der Waals surface area contributed by atoms with E-state index in [0.717, 1.165) is 0 Å². The van der Waals surface area contributed by atoms with Crippen LogP contribution in [0, 0.1) is 0 Å².